The topological polar surface area (TPSA) is 81.7 Å². The Balaban J connectivity index is 1.58. The lowest BCUT2D eigenvalue weighted by Gasteiger charge is -2.31. The number of aromatic amines is 1. The van der Waals surface area contributed by atoms with E-state index in [0.29, 0.717) is 53.9 Å². The van der Waals surface area contributed by atoms with Gasteiger partial charge in [0.1, 0.15) is 23.6 Å². The maximum absolute atomic E-state index is 15.2. The molecule has 1 atom stereocenters. The summed E-state index contributed by atoms with van der Waals surface area (Å²) in [5.41, 5.74) is 2.03. The van der Waals surface area contributed by atoms with Gasteiger partial charge in [0, 0.05) is 43.7 Å². The number of benzene rings is 2. The standard InChI is InChI=1S/C28H32F2N4O3/c1-3-34(28(35)36)14-6-4-5-7-19-8-10-23(30)22(17-19)26(37-21-12-15-33(2)16-13-21)27-31-24-11-9-20(29)18-25(24)32-27/h8-11,17-18,21,26H,3-4,6,12-16H2,1-2H3,(H,31,32)(H,35,36). The Morgan fingerprint density at radius 3 is 2.78 bits per heavy atom. The number of halogens is 2. The first-order valence-electron chi connectivity index (χ1n) is 12.6. The number of unbranched alkanes of at least 4 members (excludes halogenated alkanes) is 1. The molecule has 1 saturated heterocycles. The monoisotopic (exact) mass is 510 g/mol. The molecule has 1 amide bonds. The van der Waals surface area contributed by atoms with Gasteiger partial charge in [-0.2, -0.15) is 0 Å². The van der Waals surface area contributed by atoms with Gasteiger partial charge in [0.15, 0.2) is 0 Å². The Kier molecular flexibility index (Phi) is 8.74. The fourth-order valence-electron chi connectivity index (χ4n) is 4.46. The molecule has 1 unspecified atom stereocenters. The second kappa shape index (κ2) is 12.2. The summed E-state index contributed by atoms with van der Waals surface area (Å²) in [6, 6.07) is 8.94. The lowest BCUT2D eigenvalue weighted by Crippen LogP contribution is -2.35. The summed E-state index contributed by atoms with van der Waals surface area (Å²) in [4.78, 5) is 22.4. The van der Waals surface area contributed by atoms with Gasteiger partial charge in [-0.05, 0) is 69.6 Å². The minimum Gasteiger partial charge on any atom is -0.465 e. The van der Waals surface area contributed by atoms with Crippen LogP contribution in [-0.4, -0.2) is 70.3 Å². The van der Waals surface area contributed by atoms with Crippen LogP contribution in [0, 0.1) is 23.5 Å². The SMILES string of the molecule is CCN(CCCC#Cc1ccc(F)c(C(OC2CCN(C)CC2)c2nc3ccc(F)cc3[nH]2)c1)C(=O)O. The molecule has 4 rings (SSSR count). The number of hydrogen-bond donors (Lipinski definition) is 2. The largest absolute Gasteiger partial charge is 0.465 e. The smallest absolute Gasteiger partial charge is 0.407 e. The van der Waals surface area contributed by atoms with E-state index in [1.54, 1.807) is 25.1 Å². The van der Waals surface area contributed by atoms with Gasteiger partial charge < -0.3 is 24.6 Å². The zero-order valence-electron chi connectivity index (χ0n) is 21.1. The Hall–Kier alpha value is -3.48. The maximum atomic E-state index is 15.2. The molecule has 1 aliphatic heterocycles. The number of likely N-dealkylation sites (tertiary alicyclic amines) is 1. The molecule has 0 aliphatic carbocycles. The molecule has 1 aromatic heterocycles. The highest BCUT2D eigenvalue weighted by Crippen LogP contribution is 2.32. The van der Waals surface area contributed by atoms with Crippen LogP contribution in [0.2, 0.25) is 0 Å². The molecule has 7 nitrogen and oxygen atoms in total. The van der Waals surface area contributed by atoms with E-state index < -0.39 is 18.0 Å². The van der Waals surface area contributed by atoms with Gasteiger partial charge in [-0.15, -0.1) is 0 Å². The predicted octanol–water partition coefficient (Wildman–Crippen LogP) is 5.17. The molecule has 37 heavy (non-hydrogen) atoms. The van der Waals surface area contributed by atoms with Crippen LogP contribution in [-0.2, 0) is 4.74 Å². The Bertz CT molecular complexity index is 1290. The number of carboxylic acid groups (broad SMARTS) is 1. The molecule has 0 radical (unpaired) electrons. The molecule has 2 heterocycles. The average molecular weight is 511 g/mol. The number of rotatable bonds is 8. The molecule has 0 saturated carbocycles. The van der Waals surface area contributed by atoms with E-state index in [9.17, 15) is 9.18 Å². The van der Waals surface area contributed by atoms with Crippen LogP contribution in [0.3, 0.4) is 0 Å². The van der Waals surface area contributed by atoms with Crippen LogP contribution < -0.4 is 0 Å². The normalized spacial score (nSPS) is 15.4. The second-order valence-electron chi connectivity index (χ2n) is 9.31. The predicted molar refractivity (Wildman–Crippen MR) is 137 cm³/mol. The maximum Gasteiger partial charge on any atom is 0.407 e. The van der Waals surface area contributed by atoms with Crippen molar-refractivity contribution < 1.29 is 23.4 Å². The number of hydrogen-bond acceptors (Lipinski definition) is 4. The Morgan fingerprint density at radius 2 is 2.05 bits per heavy atom. The lowest BCUT2D eigenvalue weighted by molar-refractivity contribution is -0.0276. The van der Waals surface area contributed by atoms with Crippen molar-refractivity contribution in [3.8, 4) is 11.8 Å². The summed E-state index contributed by atoms with van der Waals surface area (Å²) in [7, 11) is 2.06. The number of ether oxygens (including phenoxy) is 1. The van der Waals surface area contributed by atoms with Crippen LogP contribution in [0.15, 0.2) is 36.4 Å². The van der Waals surface area contributed by atoms with E-state index in [1.807, 2.05) is 0 Å². The number of piperidine rings is 1. The van der Waals surface area contributed by atoms with Gasteiger partial charge in [-0.1, -0.05) is 11.8 Å². The quantitative estimate of drug-likeness (QED) is 0.323. The Labute approximate surface area is 215 Å². The molecule has 0 bridgehead atoms. The fourth-order valence-corrected chi connectivity index (χ4v) is 4.46. The highest BCUT2D eigenvalue weighted by molar-refractivity contribution is 5.75. The minimum absolute atomic E-state index is 0.0731. The van der Waals surface area contributed by atoms with E-state index in [1.165, 1.54) is 23.1 Å². The number of amides is 1. The average Bonchev–Trinajstić information content (AvgIpc) is 3.29. The van der Waals surface area contributed by atoms with Crippen molar-refractivity contribution in [2.75, 3.05) is 33.2 Å². The number of fused-ring (bicyclic) bond motifs is 1. The highest BCUT2D eigenvalue weighted by Gasteiger charge is 2.28. The third-order valence-electron chi connectivity index (χ3n) is 6.60. The van der Waals surface area contributed by atoms with Gasteiger partial charge in [0.05, 0.1) is 17.1 Å². The molecular weight excluding hydrogens is 478 g/mol. The second-order valence-corrected chi connectivity index (χ2v) is 9.31. The van der Waals surface area contributed by atoms with Crippen molar-refractivity contribution >= 4 is 17.1 Å². The number of aromatic nitrogens is 2. The lowest BCUT2D eigenvalue weighted by atomic mass is 10.0. The molecule has 2 aromatic carbocycles. The van der Waals surface area contributed by atoms with Crippen LogP contribution >= 0.6 is 0 Å². The van der Waals surface area contributed by atoms with E-state index in [0.717, 1.165) is 25.9 Å². The summed E-state index contributed by atoms with van der Waals surface area (Å²) >= 11 is 0. The van der Waals surface area contributed by atoms with E-state index in [-0.39, 0.29) is 11.9 Å². The van der Waals surface area contributed by atoms with Crippen LogP contribution in [0.5, 0.6) is 0 Å². The van der Waals surface area contributed by atoms with E-state index >= 15 is 4.39 Å². The zero-order valence-corrected chi connectivity index (χ0v) is 21.1. The van der Waals surface area contributed by atoms with Crippen molar-refractivity contribution in [1.82, 2.24) is 19.8 Å². The number of imidazole rings is 1. The van der Waals surface area contributed by atoms with Gasteiger partial charge >= 0.3 is 6.09 Å². The van der Waals surface area contributed by atoms with Crippen molar-refractivity contribution in [2.24, 2.45) is 0 Å². The Morgan fingerprint density at radius 1 is 1.27 bits per heavy atom. The zero-order chi connectivity index (χ0) is 26.4. The summed E-state index contributed by atoms with van der Waals surface area (Å²) in [6.07, 6.45) is 0.931. The third-order valence-corrected chi connectivity index (χ3v) is 6.60. The first kappa shape index (κ1) is 26.6. The summed E-state index contributed by atoms with van der Waals surface area (Å²) in [5.74, 6) is 5.71. The number of carbonyl (C=O) groups is 1. The van der Waals surface area contributed by atoms with Crippen molar-refractivity contribution in [3.05, 3.63) is 65.0 Å². The van der Waals surface area contributed by atoms with Crippen LogP contribution in [0.1, 0.15) is 55.7 Å². The first-order valence-corrected chi connectivity index (χ1v) is 12.6. The third kappa shape index (κ3) is 6.85. The van der Waals surface area contributed by atoms with Crippen molar-refractivity contribution in [2.45, 2.75) is 44.8 Å². The fraction of sp³-hybridized carbons (Fsp3) is 0.429. The minimum atomic E-state index is -0.942. The number of nitrogens with zero attached hydrogens (tertiary/aromatic N) is 3. The van der Waals surface area contributed by atoms with Gasteiger partial charge in [0.25, 0.3) is 0 Å². The van der Waals surface area contributed by atoms with Crippen LogP contribution in [0.25, 0.3) is 11.0 Å². The van der Waals surface area contributed by atoms with E-state index in [4.69, 9.17) is 9.84 Å². The summed E-state index contributed by atoms with van der Waals surface area (Å²) < 4.78 is 35.4. The molecule has 2 N–H and O–H groups in total. The number of nitrogens with one attached hydrogen (secondary N) is 1. The van der Waals surface area contributed by atoms with Gasteiger partial charge in [0.2, 0.25) is 0 Å². The van der Waals surface area contributed by atoms with Crippen LogP contribution in [0.4, 0.5) is 13.6 Å². The molecule has 0 spiro atoms. The number of H-pyrrole nitrogens is 1. The van der Waals surface area contributed by atoms with Crippen molar-refractivity contribution in [1.29, 1.82) is 0 Å². The molecule has 196 valence electrons. The summed E-state index contributed by atoms with van der Waals surface area (Å²) in [5, 5.41) is 9.11. The highest BCUT2D eigenvalue weighted by atomic mass is 19.1. The molecule has 1 fully saturated rings. The molecule has 3 aromatic rings. The van der Waals surface area contributed by atoms with Gasteiger partial charge in [-0.3, -0.25) is 0 Å². The molecule has 9 heteroatoms. The molecule has 1 aliphatic rings. The van der Waals surface area contributed by atoms with Gasteiger partial charge in [-0.25, -0.2) is 18.6 Å². The summed E-state index contributed by atoms with van der Waals surface area (Å²) in [6.45, 7) is 4.40. The van der Waals surface area contributed by atoms with E-state index in [2.05, 4.69) is 33.8 Å². The molecular formula is C28H32F2N4O3. The first-order chi connectivity index (χ1) is 17.8. The van der Waals surface area contributed by atoms with Crippen molar-refractivity contribution in [3.63, 3.8) is 0 Å².